The molecule has 0 bridgehead atoms. The predicted octanol–water partition coefficient (Wildman–Crippen LogP) is 2.56. The van der Waals surface area contributed by atoms with E-state index in [1.807, 2.05) is 28.9 Å². The van der Waals surface area contributed by atoms with Crippen LogP contribution in [0.1, 0.15) is 30.5 Å². The molecule has 1 saturated heterocycles. The number of aryl methyl sites for hydroxylation is 2. The molecule has 1 aliphatic rings. The Hall–Kier alpha value is -2.14. The molecule has 1 N–H and O–H groups in total. The highest BCUT2D eigenvalue weighted by molar-refractivity contribution is 5.73. The van der Waals surface area contributed by atoms with Crippen LogP contribution in [0.15, 0.2) is 42.6 Å². The van der Waals surface area contributed by atoms with E-state index >= 15 is 0 Å². The molecule has 0 saturated carbocycles. The third-order valence-corrected chi connectivity index (χ3v) is 4.52. The number of nitrogens with zero attached hydrogens (tertiary/aromatic N) is 3. The van der Waals surface area contributed by atoms with Gasteiger partial charge in [0.15, 0.2) is 0 Å². The molecule has 0 aliphatic carbocycles. The largest absolute Gasteiger partial charge is 0.480 e. The first-order valence-electron chi connectivity index (χ1n) is 8.25. The van der Waals surface area contributed by atoms with E-state index in [0.29, 0.717) is 6.54 Å². The molecule has 1 aliphatic heterocycles. The molecule has 2 aromatic rings. The number of aromatic nitrogens is 2. The number of aliphatic carboxylic acids is 1. The Morgan fingerprint density at radius 2 is 2.04 bits per heavy atom. The van der Waals surface area contributed by atoms with Gasteiger partial charge in [0.2, 0.25) is 0 Å². The first kappa shape index (κ1) is 15.7. The minimum absolute atomic E-state index is 0.360. The molecule has 1 fully saturated rings. The van der Waals surface area contributed by atoms with Gasteiger partial charge in [-0.3, -0.25) is 14.4 Å². The van der Waals surface area contributed by atoms with Gasteiger partial charge in [-0.25, -0.2) is 0 Å². The summed E-state index contributed by atoms with van der Waals surface area (Å²) in [4.78, 5) is 13.5. The van der Waals surface area contributed by atoms with Crippen molar-refractivity contribution in [1.82, 2.24) is 14.7 Å². The van der Waals surface area contributed by atoms with E-state index in [0.717, 1.165) is 44.5 Å². The Morgan fingerprint density at radius 1 is 1.22 bits per heavy atom. The van der Waals surface area contributed by atoms with Gasteiger partial charge < -0.3 is 5.11 Å². The van der Waals surface area contributed by atoms with Gasteiger partial charge in [0, 0.05) is 19.3 Å². The summed E-state index contributed by atoms with van der Waals surface area (Å²) in [7, 11) is 0. The quantitative estimate of drug-likeness (QED) is 0.890. The number of rotatable bonds is 6. The van der Waals surface area contributed by atoms with Crippen LogP contribution in [0.2, 0.25) is 0 Å². The summed E-state index contributed by atoms with van der Waals surface area (Å²) in [6.45, 7) is 2.32. The molecule has 3 rings (SSSR count). The molecule has 23 heavy (non-hydrogen) atoms. The van der Waals surface area contributed by atoms with Gasteiger partial charge in [-0.05, 0) is 37.4 Å². The zero-order chi connectivity index (χ0) is 16.1. The highest BCUT2D eigenvalue weighted by Gasteiger charge is 2.28. The van der Waals surface area contributed by atoms with Gasteiger partial charge in [0.1, 0.15) is 6.04 Å². The topological polar surface area (TPSA) is 58.4 Å². The zero-order valence-corrected chi connectivity index (χ0v) is 13.3. The second-order valence-electron chi connectivity index (χ2n) is 6.10. The Morgan fingerprint density at radius 3 is 2.83 bits per heavy atom. The van der Waals surface area contributed by atoms with Crippen molar-refractivity contribution >= 4 is 5.97 Å². The SMILES string of the molecule is O=C(O)C1CCCCN1Cc1ccnn1CCc1ccccc1. The van der Waals surface area contributed by atoms with Gasteiger partial charge in [0.05, 0.1) is 5.69 Å². The number of hydrogen-bond acceptors (Lipinski definition) is 3. The lowest BCUT2D eigenvalue weighted by atomic mass is 10.0. The standard InChI is InChI=1S/C18H23N3O2/c22-18(23)17-8-4-5-12-20(17)14-16-9-11-19-21(16)13-10-15-6-2-1-3-7-15/h1-3,6-7,9,11,17H,4-5,8,10,12-14H2,(H,22,23). The number of carboxylic acid groups (broad SMARTS) is 1. The summed E-state index contributed by atoms with van der Waals surface area (Å²) < 4.78 is 2.00. The lowest BCUT2D eigenvalue weighted by Gasteiger charge is -2.32. The number of likely N-dealkylation sites (tertiary alicyclic amines) is 1. The molecule has 122 valence electrons. The Labute approximate surface area is 136 Å². The Bertz CT molecular complexity index is 639. The summed E-state index contributed by atoms with van der Waals surface area (Å²) >= 11 is 0. The maximum Gasteiger partial charge on any atom is 0.320 e. The van der Waals surface area contributed by atoms with Crippen LogP contribution in [0.5, 0.6) is 0 Å². The van der Waals surface area contributed by atoms with Crippen molar-refractivity contribution in [3.63, 3.8) is 0 Å². The molecule has 1 aromatic carbocycles. The van der Waals surface area contributed by atoms with Crippen LogP contribution >= 0.6 is 0 Å². The first-order valence-corrected chi connectivity index (χ1v) is 8.25. The lowest BCUT2D eigenvalue weighted by Crippen LogP contribution is -2.44. The highest BCUT2D eigenvalue weighted by atomic mass is 16.4. The average Bonchev–Trinajstić information content (AvgIpc) is 3.01. The molecule has 0 radical (unpaired) electrons. The van der Waals surface area contributed by atoms with Gasteiger partial charge >= 0.3 is 5.97 Å². The van der Waals surface area contributed by atoms with Gasteiger partial charge in [-0.2, -0.15) is 5.10 Å². The average molecular weight is 313 g/mol. The zero-order valence-electron chi connectivity index (χ0n) is 13.3. The number of carbonyl (C=O) groups is 1. The summed E-state index contributed by atoms with van der Waals surface area (Å²) in [6, 6.07) is 12.0. The molecule has 2 heterocycles. The Balaban J connectivity index is 1.64. The van der Waals surface area contributed by atoms with Crippen molar-refractivity contribution in [3.05, 3.63) is 53.9 Å². The van der Waals surface area contributed by atoms with E-state index in [2.05, 4.69) is 22.1 Å². The third-order valence-electron chi connectivity index (χ3n) is 4.52. The number of carboxylic acids is 1. The van der Waals surface area contributed by atoms with Crippen LogP contribution < -0.4 is 0 Å². The van der Waals surface area contributed by atoms with E-state index in [9.17, 15) is 9.90 Å². The van der Waals surface area contributed by atoms with Crippen molar-refractivity contribution in [2.24, 2.45) is 0 Å². The third kappa shape index (κ3) is 3.99. The minimum Gasteiger partial charge on any atom is -0.480 e. The van der Waals surface area contributed by atoms with E-state index in [1.165, 1.54) is 5.56 Å². The van der Waals surface area contributed by atoms with E-state index in [1.54, 1.807) is 6.20 Å². The van der Waals surface area contributed by atoms with Crippen LogP contribution in [0.25, 0.3) is 0 Å². The van der Waals surface area contributed by atoms with E-state index in [4.69, 9.17) is 0 Å². The fourth-order valence-electron chi connectivity index (χ4n) is 3.24. The molecule has 1 atom stereocenters. The minimum atomic E-state index is -0.708. The Kier molecular flexibility index (Phi) is 5.08. The predicted molar refractivity (Wildman–Crippen MR) is 88.1 cm³/mol. The second-order valence-corrected chi connectivity index (χ2v) is 6.10. The number of benzene rings is 1. The molecule has 1 unspecified atom stereocenters. The molecule has 1 aromatic heterocycles. The van der Waals surface area contributed by atoms with Crippen molar-refractivity contribution in [2.75, 3.05) is 6.54 Å². The van der Waals surface area contributed by atoms with Crippen molar-refractivity contribution < 1.29 is 9.90 Å². The van der Waals surface area contributed by atoms with Crippen LogP contribution in [-0.2, 0) is 24.3 Å². The summed E-state index contributed by atoms with van der Waals surface area (Å²) in [5.74, 6) is -0.708. The van der Waals surface area contributed by atoms with Crippen molar-refractivity contribution in [2.45, 2.75) is 44.8 Å². The first-order chi connectivity index (χ1) is 11.2. The van der Waals surface area contributed by atoms with Crippen LogP contribution in [0.4, 0.5) is 0 Å². The second kappa shape index (κ2) is 7.42. The van der Waals surface area contributed by atoms with Gasteiger partial charge in [0.25, 0.3) is 0 Å². The maximum atomic E-state index is 11.4. The molecular weight excluding hydrogens is 290 g/mol. The summed E-state index contributed by atoms with van der Waals surface area (Å²) in [5, 5.41) is 13.8. The van der Waals surface area contributed by atoms with Crippen molar-refractivity contribution in [3.8, 4) is 0 Å². The van der Waals surface area contributed by atoms with Crippen LogP contribution in [0, 0.1) is 0 Å². The summed E-state index contributed by atoms with van der Waals surface area (Å²) in [6.07, 6.45) is 5.55. The maximum absolute atomic E-state index is 11.4. The molecule has 0 spiro atoms. The van der Waals surface area contributed by atoms with E-state index in [-0.39, 0.29) is 6.04 Å². The van der Waals surface area contributed by atoms with Crippen LogP contribution in [-0.4, -0.2) is 38.3 Å². The highest BCUT2D eigenvalue weighted by Crippen LogP contribution is 2.20. The van der Waals surface area contributed by atoms with E-state index < -0.39 is 5.97 Å². The van der Waals surface area contributed by atoms with Crippen molar-refractivity contribution in [1.29, 1.82) is 0 Å². The molecular formula is C18H23N3O2. The van der Waals surface area contributed by atoms with Gasteiger partial charge in [-0.15, -0.1) is 0 Å². The molecule has 5 nitrogen and oxygen atoms in total. The monoisotopic (exact) mass is 313 g/mol. The lowest BCUT2D eigenvalue weighted by molar-refractivity contribution is -0.144. The molecule has 0 amide bonds. The number of piperidine rings is 1. The fraction of sp³-hybridized carbons (Fsp3) is 0.444. The summed E-state index contributed by atoms with van der Waals surface area (Å²) in [5.41, 5.74) is 2.38. The van der Waals surface area contributed by atoms with Crippen LogP contribution in [0.3, 0.4) is 0 Å². The molecule has 5 heteroatoms. The normalized spacial score (nSPS) is 18.9. The van der Waals surface area contributed by atoms with Gasteiger partial charge in [-0.1, -0.05) is 36.8 Å². The smallest absolute Gasteiger partial charge is 0.320 e. The fourth-order valence-corrected chi connectivity index (χ4v) is 3.24. The number of hydrogen-bond donors (Lipinski definition) is 1.